The summed E-state index contributed by atoms with van der Waals surface area (Å²) in [6.07, 6.45) is 2.82. The third kappa shape index (κ3) is 4.21. The molecule has 2 rings (SSSR count). The van der Waals surface area contributed by atoms with E-state index in [2.05, 4.69) is 15.3 Å². The van der Waals surface area contributed by atoms with E-state index in [9.17, 15) is 10.1 Å². The average molecular weight is 365 g/mol. The first-order chi connectivity index (χ1) is 12.0. The molecule has 0 bridgehead atoms. The lowest BCUT2D eigenvalue weighted by molar-refractivity contribution is -0.386. The van der Waals surface area contributed by atoms with E-state index in [0.717, 1.165) is 6.42 Å². The molecule has 0 unspecified atom stereocenters. The minimum absolute atomic E-state index is 0.112. The Morgan fingerprint density at radius 1 is 1.48 bits per heavy atom. The van der Waals surface area contributed by atoms with Crippen molar-refractivity contribution in [1.29, 1.82) is 0 Å². The summed E-state index contributed by atoms with van der Waals surface area (Å²) in [6, 6.07) is 3.00. The molecule has 2 aromatic rings. The molecule has 0 saturated carbocycles. The molecule has 1 aromatic carbocycles. The van der Waals surface area contributed by atoms with Gasteiger partial charge in [-0.25, -0.2) is 0 Å². The predicted molar refractivity (Wildman–Crippen MR) is 95.2 cm³/mol. The number of nitro benzene ring substituents is 1. The Hall–Kier alpha value is -2.75. The van der Waals surface area contributed by atoms with Crippen molar-refractivity contribution in [3.05, 3.63) is 38.4 Å². The van der Waals surface area contributed by atoms with Crippen LogP contribution in [0.15, 0.2) is 17.2 Å². The van der Waals surface area contributed by atoms with Crippen LogP contribution in [-0.2, 0) is 6.42 Å². The first-order valence-electron chi connectivity index (χ1n) is 7.71. The second-order valence-corrected chi connectivity index (χ2v) is 5.42. The third-order valence-electron chi connectivity index (χ3n) is 3.28. The van der Waals surface area contributed by atoms with Gasteiger partial charge in [-0.05, 0) is 24.7 Å². The van der Waals surface area contributed by atoms with E-state index in [4.69, 9.17) is 21.7 Å². The highest BCUT2D eigenvalue weighted by Crippen LogP contribution is 2.38. The van der Waals surface area contributed by atoms with Crippen LogP contribution in [0.25, 0.3) is 0 Å². The Morgan fingerprint density at radius 3 is 2.84 bits per heavy atom. The number of hydrogen-bond acceptors (Lipinski definition) is 7. The van der Waals surface area contributed by atoms with Crippen molar-refractivity contribution in [2.75, 3.05) is 13.7 Å². The molecule has 25 heavy (non-hydrogen) atoms. The van der Waals surface area contributed by atoms with Crippen LogP contribution in [0.3, 0.4) is 0 Å². The molecule has 10 heteroatoms. The molecule has 1 heterocycles. The van der Waals surface area contributed by atoms with Gasteiger partial charge in [0, 0.05) is 18.1 Å². The van der Waals surface area contributed by atoms with Gasteiger partial charge in [-0.3, -0.25) is 15.2 Å². The standard InChI is InChI=1S/C15H19N5O4S/c1-4-6-24-14-11(20(21)22)7-10(8-12(14)23-3)9-16-19-13(5-2)17-18-15(19)25/h7-9H,4-6H2,1-3H3,(H,18,25)/b16-9-. The van der Waals surface area contributed by atoms with E-state index in [1.165, 1.54) is 24.1 Å². The monoisotopic (exact) mass is 365 g/mol. The molecule has 0 radical (unpaired) electrons. The zero-order valence-electron chi connectivity index (χ0n) is 14.2. The lowest BCUT2D eigenvalue weighted by Crippen LogP contribution is -2.03. The van der Waals surface area contributed by atoms with Gasteiger partial charge in [0.1, 0.15) is 0 Å². The van der Waals surface area contributed by atoms with Crippen LogP contribution in [0.1, 0.15) is 31.7 Å². The third-order valence-corrected chi connectivity index (χ3v) is 3.54. The van der Waals surface area contributed by atoms with E-state index in [-0.39, 0.29) is 17.2 Å². The summed E-state index contributed by atoms with van der Waals surface area (Å²) in [4.78, 5) is 10.9. The number of methoxy groups -OCH3 is 1. The van der Waals surface area contributed by atoms with Crippen molar-refractivity contribution < 1.29 is 14.4 Å². The van der Waals surface area contributed by atoms with Gasteiger partial charge in [0.15, 0.2) is 11.6 Å². The molecule has 0 aliphatic carbocycles. The SMILES string of the molecule is CCCOc1c(OC)cc(/C=N\n2c(CC)n[nH]c2=S)cc1[N+](=O)[O-]. The van der Waals surface area contributed by atoms with Crippen molar-refractivity contribution >= 4 is 24.1 Å². The summed E-state index contributed by atoms with van der Waals surface area (Å²) < 4.78 is 12.5. The van der Waals surface area contributed by atoms with E-state index in [1.54, 1.807) is 6.07 Å². The van der Waals surface area contributed by atoms with Crippen LogP contribution in [0.2, 0.25) is 0 Å². The van der Waals surface area contributed by atoms with Crippen LogP contribution in [0.5, 0.6) is 11.5 Å². The molecular formula is C15H19N5O4S. The summed E-state index contributed by atoms with van der Waals surface area (Å²) in [6.45, 7) is 4.19. The van der Waals surface area contributed by atoms with Gasteiger partial charge in [-0.15, -0.1) is 0 Å². The molecule has 0 aliphatic rings. The lowest BCUT2D eigenvalue weighted by atomic mass is 10.2. The fourth-order valence-corrected chi connectivity index (χ4v) is 2.31. The summed E-state index contributed by atoms with van der Waals surface area (Å²) in [5.41, 5.74) is 0.304. The molecule has 0 fully saturated rings. The maximum absolute atomic E-state index is 11.4. The van der Waals surface area contributed by atoms with E-state index >= 15 is 0 Å². The van der Waals surface area contributed by atoms with Crippen LogP contribution >= 0.6 is 12.2 Å². The molecule has 0 amide bonds. The second kappa shape index (κ2) is 8.38. The van der Waals surface area contributed by atoms with Crippen LogP contribution in [0.4, 0.5) is 5.69 Å². The average Bonchev–Trinajstić information content (AvgIpc) is 2.97. The van der Waals surface area contributed by atoms with Gasteiger partial charge in [0.2, 0.25) is 10.5 Å². The van der Waals surface area contributed by atoms with Gasteiger partial charge in [-0.2, -0.15) is 14.9 Å². The van der Waals surface area contributed by atoms with Gasteiger partial charge in [0.25, 0.3) is 0 Å². The summed E-state index contributed by atoms with van der Waals surface area (Å²) in [5.74, 6) is 1.04. The quantitative estimate of drug-likeness (QED) is 0.333. The first kappa shape index (κ1) is 18.6. The molecule has 1 aromatic heterocycles. The number of aromatic nitrogens is 3. The second-order valence-electron chi connectivity index (χ2n) is 5.03. The number of hydrogen-bond donors (Lipinski definition) is 1. The molecule has 1 N–H and O–H groups in total. The fraction of sp³-hybridized carbons (Fsp3) is 0.400. The minimum atomic E-state index is -0.508. The number of nitrogens with one attached hydrogen (secondary N) is 1. The van der Waals surface area contributed by atoms with Crippen molar-refractivity contribution in [2.24, 2.45) is 5.10 Å². The van der Waals surface area contributed by atoms with Crippen molar-refractivity contribution in [3.8, 4) is 11.5 Å². The minimum Gasteiger partial charge on any atom is -0.493 e. The molecule has 0 atom stereocenters. The number of aromatic amines is 1. The van der Waals surface area contributed by atoms with Crippen molar-refractivity contribution in [1.82, 2.24) is 14.9 Å². The number of rotatable bonds is 8. The van der Waals surface area contributed by atoms with Crippen molar-refractivity contribution in [2.45, 2.75) is 26.7 Å². The number of H-pyrrole nitrogens is 1. The number of nitro groups is 1. The maximum atomic E-state index is 11.4. The molecule has 0 aliphatic heterocycles. The van der Waals surface area contributed by atoms with E-state index < -0.39 is 4.92 Å². The van der Waals surface area contributed by atoms with Gasteiger partial charge >= 0.3 is 5.69 Å². The summed E-state index contributed by atoms with van der Waals surface area (Å²) in [7, 11) is 1.43. The Morgan fingerprint density at radius 2 is 2.24 bits per heavy atom. The highest BCUT2D eigenvalue weighted by atomic mass is 32.1. The van der Waals surface area contributed by atoms with Crippen LogP contribution in [0, 0.1) is 14.9 Å². The largest absolute Gasteiger partial charge is 0.493 e. The number of nitrogens with zero attached hydrogens (tertiary/aromatic N) is 4. The Balaban J connectivity index is 2.46. The topological polar surface area (TPSA) is 108 Å². The Kier molecular flexibility index (Phi) is 6.23. The Bertz CT molecular complexity index is 843. The Labute approximate surface area is 149 Å². The fourth-order valence-electron chi connectivity index (χ4n) is 2.12. The highest BCUT2D eigenvalue weighted by molar-refractivity contribution is 7.71. The number of aryl methyl sites for hydroxylation is 1. The maximum Gasteiger partial charge on any atom is 0.315 e. The molecule has 9 nitrogen and oxygen atoms in total. The van der Waals surface area contributed by atoms with Gasteiger partial charge < -0.3 is 9.47 Å². The number of ether oxygens (including phenoxy) is 2. The summed E-state index contributed by atoms with van der Waals surface area (Å²) in [5, 5.41) is 22.3. The number of benzene rings is 1. The van der Waals surface area contributed by atoms with Gasteiger partial charge in [0.05, 0.1) is 24.9 Å². The smallest absolute Gasteiger partial charge is 0.315 e. The lowest BCUT2D eigenvalue weighted by Gasteiger charge is -2.11. The molecule has 134 valence electrons. The molecular weight excluding hydrogens is 346 g/mol. The van der Waals surface area contributed by atoms with E-state index in [1.807, 2.05) is 13.8 Å². The highest BCUT2D eigenvalue weighted by Gasteiger charge is 2.22. The zero-order chi connectivity index (χ0) is 18.4. The van der Waals surface area contributed by atoms with Crippen molar-refractivity contribution in [3.63, 3.8) is 0 Å². The first-order valence-corrected chi connectivity index (χ1v) is 8.12. The molecule has 0 spiro atoms. The van der Waals surface area contributed by atoms with Gasteiger partial charge in [-0.1, -0.05) is 13.8 Å². The van der Waals surface area contributed by atoms with Crippen LogP contribution < -0.4 is 9.47 Å². The molecule has 0 saturated heterocycles. The normalized spacial score (nSPS) is 11.0. The van der Waals surface area contributed by atoms with E-state index in [0.29, 0.717) is 29.2 Å². The zero-order valence-corrected chi connectivity index (χ0v) is 15.0. The summed E-state index contributed by atoms with van der Waals surface area (Å²) >= 11 is 5.12. The van der Waals surface area contributed by atoms with Crippen LogP contribution in [-0.4, -0.2) is 39.7 Å². The predicted octanol–water partition coefficient (Wildman–Crippen LogP) is 3.09.